The number of nitrogens with one attached hydrogen (secondary N) is 1. The Hall–Kier alpha value is -3.21. The molecule has 0 saturated carbocycles. The second kappa shape index (κ2) is 8.86. The fraction of sp³-hybridized carbons (Fsp3) is 0.292. The monoisotopic (exact) mass is 393 g/mol. The van der Waals surface area contributed by atoms with E-state index < -0.39 is 0 Å². The van der Waals surface area contributed by atoms with Crippen LogP contribution in [0.15, 0.2) is 53.2 Å². The molecule has 0 aliphatic heterocycles. The smallest absolute Gasteiger partial charge is 0.244 e. The minimum absolute atomic E-state index is 0.112. The number of rotatable bonds is 7. The van der Waals surface area contributed by atoms with Crippen LogP contribution < -0.4 is 14.8 Å². The molecule has 0 atom stereocenters. The van der Waals surface area contributed by atoms with Crippen molar-refractivity contribution < 1.29 is 18.7 Å². The first-order chi connectivity index (χ1) is 13.9. The van der Waals surface area contributed by atoms with Gasteiger partial charge in [-0.1, -0.05) is 26.0 Å². The molecule has 5 heteroatoms. The van der Waals surface area contributed by atoms with Gasteiger partial charge in [0.15, 0.2) is 0 Å². The number of furan rings is 1. The van der Waals surface area contributed by atoms with E-state index in [-0.39, 0.29) is 5.91 Å². The molecule has 0 aliphatic rings. The predicted octanol–water partition coefficient (Wildman–Crippen LogP) is 5.29. The van der Waals surface area contributed by atoms with Gasteiger partial charge in [0.2, 0.25) is 5.91 Å². The van der Waals surface area contributed by atoms with E-state index in [1.165, 1.54) is 0 Å². The molecule has 3 rings (SSSR count). The van der Waals surface area contributed by atoms with E-state index in [1.807, 2.05) is 43.3 Å². The van der Waals surface area contributed by atoms with Crippen molar-refractivity contribution in [2.75, 3.05) is 20.8 Å². The Labute approximate surface area is 171 Å². The zero-order valence-corrected chi connectivity index (χ0v) is 17.5. The van der Waals surface area contributed by atoms with Gasteiger partial charge in [-0.05, 0) is 42.2 Å². The molecule has 0 spiro atoms. The minimum Gasteiger partial charge on any atom is -0.497 e. The Morgan fingerprint density at radius 3 is 2.66 bits per heavy atom. The SMILES string of the molecule is COc1cccc(-c2coc3cc(OC)c(/C(C)=C/C(=O)NCC(C)C)cc23)c1. The summed E-state index contributed by atoms with van der Waals surface area (Å²) < 4.78 is 16.7. The molecule has 29 heavy (non-hydrogen) atoms. The number of amides is 1. The topological polar surface area (TPSA) is 60.7 Å². The average molecular weight is 393 g/mol. The van der Waals surface area contributed by atoms with Crippen LogP contribution in [0.1, 0.15) is 26.3 Å². The lowest BCUT2D eigenvalue weighted by atomic mass is 9.99. The van der Waals surface area contributed by atoms with Crippen molar-refractivity contribution in [3.63, 3.8) is 0 Å². The average Bonchev–Trinajstić information content (AvgIpc) is 3.14. The number of ether oxygens (including phenoxy) is 2. The molecule has 5 nitrogen and oxygen atoms in total. The first kappa shape index (κ1) is 20.5. The molecule has 0 unspecified atom stereocenters. The molecule has 1 N–H and O–H groups in total. The summed E-state index contributed by atoms with van der Waals surface area (Å²) in [5, 5.41) is 3.86. The summed E-state index contributed by atoms with van der Waals surface area (Å²) in [4.78, 5) is 12.2. The number of allylic oxidation sites excluding steroid dienone is 1. The number of carbonyl (C=O) groups excluding carboxylic acids is 1. The molecule has 0 fully saturated rings. The van der Waals surface area contributed by atoms with Gasteiger partial charge in [-0.25, -0.2) is 0 Å². The lowest BCUT2D eigenvalue weighted by Gasteiger charge is -2.11. The molecular weight excluding hydrogens is 366 g/mol. The zero-order valence-electron chi connectivity index (χ0n) is 17.5. The van der Waals surface area contributed by atoms with Crippen LogP contribution in [0, 0.1) is 5.92 Å². The summed E-state index contributed by atoms with van der Waals surface area (Å²) in [5.41, 5.74) is 4.35. The molecule has 0 aliphatic carbocycles. The maximum atomic E-state index is 12.2. The van der Waals surface area contributed by atoms with Gasteiger partial charge in [0.1, 0.15) is 17.1 Å². The Kier molecular flexibility index (Phi) is 6.27. The number of hydrogen-bond acceptors (Lipinski definition) is 4. The largest absolute Gasteiger partial charge is 0.497 e. The van der Waals surface area contributed by atoms with E-state index in [4.69, 9.17) is 13.9 Å². The highest BCUT2D eigenvalue weighted by Crippen LogP contribution is 2.38. The van der Waals surface area contributed by atoms with Gasteiger partial charge in [0.05, 0.1) is 20.5 Å². The zero-order chi connectivity index (χ0) is 21.0. The third kappa shape index (κ3) is 4.62. The van der Waals surface area contributed by atoms with Crippen LogP contribution >= 0.6 is 0 Å². The van der Waals surface area contributed by atoms with Crippen LogP contribution in [0.25, 0.3) is 27.7 Å². The van der Waals surface area contributed by atoms with E-state index >= 15 is 0 Å². The standard InChI is InChI=1S/C24H27NO4/c1-15(2)13-25-24(26)9-16(3)19-11-20-21(14-29-23(20)12-22(19)28-5)17-7-6-8-18(10-17)27-4/h6-12,14-15H,13H2,1-5H3,(H,25,26)/b16-9+. The van der Waals surface area contributed by atoms with Crippen LogP contribution in [0.3, 0.4) is 0 Å². The molecule has 1 amide bonds. The lowest BCUT2D eigenvalue weighted by Crippen LogP contribution is -2.25. The Balaban J connectivity index is 2.04. The summed E-state index contributed by atoms with van der Waals surface area (Å²) in [7, 11) is 3.26. The van der Waals surface area contributed by atoms with E-state index in [0.717, 1.165) is 39.0 Å². The summed E-state index contributed by atoms with van der Waals surface area (Å²) in [5.74, 6) is 1.73. The number of benzene rings is 2. The maximum absolute atomic E-state index is 12.2. The van der Waals surface area contributed by atoms with Gasteiger partial charge in [-0.15, -0.1) is 0 Å². The molecule has 0 saturated heterocycles. The van der Waals surface area contributed by atoms with E-state index in [9.17, 15) is 4.79 Å². The molecule has 0 radical (unpaired) electrons. The van der Waals surface area contributed by atoms with Crippen LogP contribution in [-0.2, 0) is 4.79 Å². The molecular formula is C24H27NO4. The van der Waals surface area contributed by atoms with Gasteiger partial charge in [-0.2, -0.15) is 0 Å². The van der Waals surface area contributed by atoms with Crippen molar-refractivity contribution in [2.24, 2.45) is 5.92 Å². The Bertz CT molecular complexity index is 1050. The highest BCUT2D eigenvalue weighted by molar-refractivity contribution is 6.00. The quantitative estimate of drug-likeness (QED) is 0.554. The lowest BCUT2D eigenvalue weighted by molar-refractivity contribution is -0.116. The summed E-state index contributed by atoms with van der Waals surface area (Å²) >= 11 is 0. The maximum Gasteiger partial charge on any atom is 0.244 e. The first-order valence-corrected chi connectivity index (χ1v) is 9.63. The third-order valence-electron chi connectivity index (χ3n) is 4.73. The van der Waals surface area contributed by atoms with Crippen molar-refractivity contribution >= 4 is 22.4 Å². The van der Waals surface area contributed by atoms with Gasteiger partial charge in [0, 0.05) is 35.2 Å². The molecule has 152 valence electrons. The second-order valence-electron chi connectivity index (χ2n) is 7.40. The summed E-state index contributed by atoms with van der Waals surface area (Å²) in [6.45, 7) is 6.67. The van der Waals surface area contributed by atoms with E-state index in [0.29, 0.717) is 18.2 Å². The number of hydrogen-bond donors (Lipinski definition) is 1. The van der Waals surface area contributed by atoms with Crippen molar-refractivity contribution in [3.8, 4) is 22.6 Å². The number of methoxy groups -OCH3 is 2. The Morgan fingerprint density at radius 2 is 1.97 bits per heavy atom. The van der Waals surface area contributed by atoms with E-state index in [1.54, 1.807) is 26.6 Å². The van der Waals surface area contributed by atoms with Crippen LogP contribution in [0.4, 0.5) is 0 Å². The molecule has 0 bridgehead atoms. The van der Waals surface area contributed by atoms with Crippen molar-refractivity contribution in [2.45, 2.75) is 20.8 Å². The van der Waals surface area contributed by atoms with Gasteiger partial charge in [-0.3, -0.25) is 4.79 Å². The fourth-order valence-corrected chi connectivity index (χ4v) is 3.18. The van der Waals surface area contributed by atoms with Gasteiger partial charge in [0.25, 0.3) is 0 Å². The highest BCUT2D eigenvalue weighted by Gasteiger charge is 2.15. The second-order valence-corrected chi connectivity index (χ2v) is 7.40. The molecule has 1 aromatic heterocycles. The molecule has 2 aromatic carbocycles. The molecule has 3 aromatic rings. The number of fused-ring (bicyclic) bond motifs is 1. The summed E-state index contributed by atoms with van der Waals surface area (Å²) in [6, 6.07) is 11.7. The van der Waals surface area contributed by atoms with E-state index in [2.05, 4.69) is 19.2 Å². The van der Waals surface area contributed by atoms with Crippen LogP contribution in [-0.4, -0.2) is 26.7 Å². The fourth-order valence-electron chi connectivity index (χ4n) is 3.18. The highest BCUT2D eigenvalue weighted by atomic mass is 16.5. The van der Waals surface area contributed by atoms with Crippen molar-refractivity contribution in [3.05, 3.63) is 54.3 Å². The predicted molar refractivity (Wildman–Crippen MR) is 116 cm³/mol. The first-order valence-electron chi connectivity index (χ1n) is 9.63. The molecule has 1 heterocycles. The minimum atomic E-state index is -0.112. The summed E-state index contributed by atoms with van der Waals surface area (Å²) in [6.07, 6.45) is 3.34. The van der Waals surface area contributed by atoms with Gasteiger partial charge >= 0.3 is 0 Å². The van der Waals surface area contributed by atoms with Gasteiger partial charge < -0.3 is 19.2 Å². The van der Waals surface area contributed by atoms with Crippen LogP contribution in [0.2, 0.25) is 0 Å². The van der Waals surface area contributed by atoms with Crippen molar-refractivity contribution in [1.82, 2.24) is 5.32 Å². The normalized spacial score (nSPS) is 11.7. The third-order valence-corrected chi connectivity index (χ3v) is 4.73. The van der Waals surface area contributed by atoms with Crippen molar-refractivity contribution in [1.29, 1.82) is 0 Å². The van der Waals surface area contributed by atoms with Crippen LogP contribution in [0.5, 0.6) is 11.5 Å². The number of carbonyl (C=O) groups is 1. The Morgan fingerprint density at radius 1 is 1.17 bits per heavy atom.